The van der Waals surface area contributed by atoms with Crippen molar-refractivity contribution in [1.82, 2.24) is 0 Å². The van der Waals surface area contributed by atoms with Crippen molar-refractivity contribution in [3.63, 3.8) is 0 Å². The Labute approximate surface area is 98.3 Å². The first-order valence-electron chi connectivity index (χ1n) is 4.15. The summed E-state index contributed by atoms with van der Waals surface area (Å²) in [5, 5.41) is 1.88. The molecular formula is C9H11BrO2S2. The molecule has 1 aromatic rings. The molecule has 1 atom stereocenters. The zero-order valence-electron chi connectivity index (χ0n) is 7.95. The average molecular weight is 295 g/mol. The Morgan fingerprint density at radius 1 is 1.64 bits per heavy atom. The van der Waals surface area contributed by atoms with E-state index in [4.69, 9.17) is 0 Å². The molecule has 1 unspecified atom stereocenters. The zero-order chi connectivity index (χ0) is 10.7. The molecule has 1 heterocycles. The minimum atomic E-state index is -1.06. The molecule has 78 valence electrons. The van der Waals surface area contributed by atoms with E-state index in [0.717, 1.165) is 4.47 Å². The van der Waals surface area contributed by atoms with Gasteiger partial charge in [-0.2, -0.15) is 0 Å². The lowest BCUT2D eigenvalue weighted by molar-refractivity contribution is 0.102. The molecule has 0 radical (unpaired) electrons. The van der Waals surface area contributed by atoms with Gasteiger partial charge in [-0.05, 0) is 27.4 Å². The van der Waals surface area contributed by atoms with Crippen LogP contribution in [0, 0.1) is 0 Å². The van der Waals surface area contributed by atoms with Crippen molar-refractivity contribution in [3.05, 3.63) is 20.8 Å². The molecule has 0 N–H and O–H groups in total. The van der Waals surface area contributed by atoms with E-state index in [-0.39, 0.29) is 16.8 Å². The molecule has 0 amide bonds. The van der Waals surface area contributed by atoms with Crippen molar-refractivity contribution >= 4 is 43.8 Å². The maximum absolute atomic E-state index is 11.6. The number of rotatable bonds is 4. The van der Waals surface area contributed by atoms with Crippen LogP contribution >= 0.6 is 27.3 Å². The first kappa shape index (κ1) is 12.1. The third kappa shape index (κ3) is 3.00. The van der Waals surface area contributed by atoms with Gasteiger partial charge in [0.2, 0.25) is 0 Å². The van der Waals surface area contributed by atoms with Gasteiger partial charge in [0.05, 0.1) is 10.6 Å². The Morgan fingerprint density at radius 3 is 2.71 bits per heavy atom. The first-order chi connectivity index (χ1) is 6.52. The lowest BCUT2D eigenvalue weighted by atomic mass is 10.3. The lowest BCUT2D eigenvalue weighted by Crippen LogP contribution is -2.16. The van der Waals surface area contributed by atoms with Crippen LogP contribution in [0.25, 0.3) is 0 Å². The Kier molecular flexibility index (Phi) is 4.47. The third-order valence-electron chi connectivity index (χ3n) is 1.67. The number of halogens is 1. The monoisotopic (exact) mass is 294 g/mol. The van der Waals surface area contributed by atoms with E-state index in [2.05, 4.69) is 15.9 Å². The topological polar surface area (TPSA) is 34.1 Å². The number of hydrogen-bond acceptors (Lipinski definition) is 3. The molecule has 0 saturated carbocycles. The maximum atomic E-state index is 11.6. The molecular weight excluding hydrogens is 284 g/mol. The SMILES string of the molecule is CC(C)S(=O)CC(=O)c1sccc1Br. The highest BCUT2D eigenvalue weighted by molar-refractivity contribution is 9.10. The number of thiophene rings is 1. The number of Topliss-reactive ketones (excluding diaryl/α,β-unsaturated/α-hetero) is 1. The fraction of sp³-hybridized carbons (Fsp3) is 0.444. The van der Waals surface area contributed by atoms with Crippen LogP contribution in [0.5, 0.6) is 0 Å². The summed E-state index contributed by atoms with van der Waals surface area (Å²) >= 11 is 4.66. The van der Waals surface area contributed by atoms with Gasteiger partial charge in [0.25, 0.3) is 0 Å². The molecule has 0 aliphatic rings. The van der Waals surface area contributed by atoms with Crippen LogP contribution in [-0.2, 0) is 10.8 Å². The summed E-state index contributed by atoms with van der Waals surface area (Å²) in [7, 11) is -1.06. The van der Waals surface area contributed by atoms with Crippen molar-refractivity contribution in [1.29, 1.82) is 0 Å². The maximum Gasteiger partial charge on any atom is 0.186 e. The molecule has 0 aliphatic heterocycles. The molecule has 5 heteroatoms. The van der Waals surface area contributed by atoms with Crippen LogP contribution < -0.4 is 0 Å². The van der Waals surface area contributed by atoms with Crippen LogP contribution in [0.2, 0.25) is 0 Å². The van der Waals surface area contributed by atoms with Gasteiger partial charge in [-0.3, -0.25) is 9.00 Å². The second-order valence-electron chi connectivity index (χ2n) is 3.09. The zero-order valence-corrected chi connectivity index (χ0v) is 11.2. The van der Waals surface area contributed by atoms with E-state index >= 15 is 0 Å². The van der Waals surface area contributed by atoms with E-state index in [1.165, 1.54) is 11.3 Å². The molecule has 0 bridgehead atoms. The normalized spacial score (nSPS) is 13.1. The van der Waals surface area contributed by atoms with Crippen molar-refractivity contribution in [2.75, 3.05) is 5.75 Å². The highest BCUT2D eigenvalue weighted by atomic mass is 79.9. The largest absolute Gasteiger partial charge is 0.292 e. The van der Waals surface area contributed by atoms with Gasteiger partial charge in [-0.1, -0.05) is 13.8 Å². The van der Waals surface area contributed by atoms with Crippen LogP contribution in [0.3, 0.4) is 0 Å². The Bertz CT molecular complexity index is 357. The molecule has 1 aromatic heterocycles. The van der Waals surface area contributed by atoms with Crippen LogP contribution in [0.15, 0.2) is 15.9 Å². The second-order valence-corrected chi connectivity index (χ2v) is 6.86. The number of carbonyl (C=O) groups is 1. The van der Waals surface area contributed by atoms with Crippen molar-refractivity contribution in [2.24, 2.45) is 0 Å². The second kappa shape index (κ2) is 5.19. The summed E-state index contributed by atoms with van der Waals surface area (Å²) in [4.78, 5) is 12.3. The molecule has 2 nitrogen and oxygen atoms in total. The summed E-state index contributed by atoms with van der Waals surface area (Å²) in [6.07, 6.45) is 0. The summed E-state index contributed by atoms with van der Waals surface area (Å²) in [5.41, 5.74) is 0. The fourth-order valence-electron chi connectivity index (χ4n) is 0.854. The van der Waals surface area contributed by atoms with Gasteiger partial charge in [0.15, 0.2) is 5.78 Å². The van der Waals surface area contributed by atoms with Gasteiger partial charge in [0.1, 0.15) is 0 Å². The predicted molar refractivity (Wildman–Crippen MR) is 64.5 cm³/mol. The van der Waals surface area contributed by atoms with E-state index in [1.54, 1.807) is 0 Å². The minimum Gasteiger partial charge on any atom is -0.292 e. The van der Waals surface area contributed by atoms with Crippen LogP contribution in [0.1, 0.15) is 23.5 Å². The van der Waals surface area contributed by atoms with E-state index in [0.29, 0.717) is 4.88 Å². The fourth-order valence-corrected chi connectivity index (χ4v) is 3.21. The molecule has 0 saturated heterocycles. The van der Waals surface area contributed by atoms with Gasteiger partial charge >= 0.3 is 0 Å². The molecule has 0 fully saturated rings. The quantitative estimate of drug-likeness (QED) is 0.800. The van der Waals surface area contributed by atoms with E-state index < -0.39 is 10.8 Å². The van der Waals surface area contributed by atoms with Crippen molar-refractivity contribution in [2.45, 2.75) is 19.1 Å². The summed E-state index contributed by atoms with van der Waals surface area (Å²) in [6.45, 7) is 3.71. The summed E-state index contributed by atoms with van der Waals surface area (Å²) < 4.78 is 12.2. The minimum absolute atomic E-state index is 0.0395. The number of carbonyl (C=O) groups excluding carboxylic acids is 1. The Hall–Kier alpha value is -0.000000000000000111. The van der Waals surface area contributed by atoms with E-state index in [9.17, 15) is 9.00 Å². The highest BCUT2D eigenvalue weighted by Gasteiger charge is 2.16. The number of hydrogen-bond donors (Lipinski definition) is 0. The highest BCUT2D eigenvalue weighted by Crippen LogP contribution is 2.23. The van der Waals surface area contributed by atoms with Gasteiger partial charge in [-0.25, -0.2) is 0 Å². The van der Waals surface area contributed by atoms with Crippen LogP contribution in [0.4, 0.5) is 0 Å². The van der Waals surface area contributed by atoms with Crippen LogP contribution in [-0.4, -0.2) is 21.0 Å². The summed E-state index contributed by atoms with van der Waals surface area (Å²) in [6, 6.07) is 1.83. The van der Waals surface area contributed by atoms with Gasteiger partial charge in [-0.15, -0.1) is 11.3 Å². The first-order valence-corrected chi connectivity index (χ1v) is 7.21. The molecule has 0 spiro atoms. The smallest absolute Gasteiger partial charge is 0.186 e. The third-order valence-corrected chi connectivity index (χ3v) is 5.15. The Morgan fingerprint density at radius 2 is 2.29 bits per heavy atom. The molecule has 14 heavy (non-hydrogen) atoms. The molecule has 0 aliphatic carbocycles. The lowest BCUT2D eigenvalue weighted by Gasteiger charge is -2.03. The standard InChI is InChI=1S/C9H11BrO2S2/c1-6(2)14(12)5-8(11)9-7(10)3-4-13-9/h3-4,6H,5H2,1-2H3. The average Bonchev–Trinajstić information content (AvgIpc) is 2.51. The van der Waals surface area contributed by atoms with E-state index in [1.807, 2.05) is 25.3 Å². The molecule has 1 rings (SSSR count). The van der Waals surface area contributed by atoms with Gasteiger partial charge < -0.3 is 0 Å². The Balaban J connectivity index is 2.69. The molecule has 0 aromatic carbocycles. The number of ketones is 1. The van der Waals surface area contributed by atoms with Crippen molar-refractivity contribution < 1.29 is 9.00 Å². The van der Waals surface area contributed by atoms with Gasteiger partial charge in [0, 0.05) is 20.5 Å². The predicted octanol–water partition coefficient (Wildman–Crippen LogP) is 2.85. The summed E-state index contributed by atoms with van der Waals surface area (Å²) in [5.74, 6) is 0.0791. The van der Waals surface area contributed by atoms with Crippen molar-refractivity contribution in [3.8, 4) is 0 Å².